The van der Waals surface area contributed by atoms with Gasteiger partial charge in [0.1, 0.15) is 0 Å². The van der Waals surface area contributed by atoms with Gasteiger partial charge in [-0.3, -0.25) is 0 Å². The van der Waals surface area contributed by atoms with Crippen LogP contribution >= 0.6 is 0 Å². The van der Waals surface area contributed by atoms with Crippen molar-refractivity contribution in [3.8, 4) is 0 Å². The highest BCUT2D eigenvalue weighted by Gasteiger charge is 2.42. The quantitative estimate of drug-likeness (QED) is 0.760. The zero-order valence-electron chi connectivity index (χ0n) is 12.9. The summed E-state index contributed by atoms with van der Waals surface area (Å²) >= 11 is 0. The van der Waals surface area contributed by atoms with E-state index in [1.807, 2.05) is 0 Å². The van der Waals surface area contributed by atoms with Crippen LogP contribution in [0.3, 0.4) is 0 Å². The number of hydrogen-bond acceptors (Lipinski definition) is 3. The molecule has 1 fully saturated rings. The third-order valence-corrected chi connectivity index (χ3v) is 4.56. The van der Waals surface area contributed by atoms with Gasteiger partial charge in [0.05, 0.1) is 12.2 Å². The van der Waals surface area contributed by atoms with Crippen LogP contribution in [0, 0.1) is 17.8 Å². The molecule has 0 aliphatic carbocycles. The summed E-state index contributed by atoms with van der Waals surface area (Å²) in [5.74, 6) is 1.84. The van der Waals surface area contributed by atoms with Crippen LogP contribution in [-0.2, 0) is 9.47 Å². The minimum Gasteiger partial charge on any atom is -0.385 e. The van der Waals surface area contributed by atoms with Crippen LogP contribution in [0.15, 0.2) is 0 Å². The second kappa shape index (κ2) is 7.46. The molecule has 0 aromatic rings. The smallest absolute Gasteiger partial charge is 0.0597 e. The van der Waals surface area contributed by atoms with Crippen molar-refractivity contribution in [2.45, 2.75) is 59.3 Å². The third kappa shape index (κ3) is 3.69. The Morgan fingerprint density at radius 3 is 2.33 bits per heavy atom. The molecule has 6 unspecified atom stereocenters. The minimum absolute atomic E-state index is 0.351. The van der Waals surface area contributed by atoms with Gasteiger partial charge < -0.3 is 14.8 Å². The van der Waals surface area contributed by atoms with Gasteiger partial charge in [0.25, 0.3) is 0 Å². The molecule has 0 radical (unpaired) electrons. The predicted molar refractivity (Wildman–Crippen MR) is 75.8 cm³/mol. The first-order chi connectivity index (χ1) is 8.52. The summed E-state index contributed by atoms with van der Waals surface area (Å²) in [5, 5.41) is 3.68. The molecule has 0 spiro atoms. The zero-order chi connectivity index (χ0) is 13.7. The van der Waals surface area contributed by atoms with Gasteiger partial charge in [0, 0.05) is 25.7 Å². The Hall–Kier alpha value is -0.120. The second-order valence-corrected chi connectivity index (χ2v) is 5.83. The van der Waals surface area contributed by atoms with Gasteiger partial charge in [-0.2, -0.15) is 0 Å². The second-order valence-electron chi connectivity index (χ2n) is 5.83. The van der Waals surface area contributed by atoms with E-state index in [1.54, 1.807) is 7.11 Å². The van der Waals surface area contributed by atoms with Crippen LogP contribution in [0.5, 0.6) is 0 Å². The van der Waals surface area contributed by atoms with Crippen molar-refractivity contribution in [2.75, 3.05) is 20.3 Å². The summed E-state index contributed by atoms with van der Waals surface area (Å²) in [4.78, 5) is 0. The average molecular weight is 257 g/mol. The lowest BCUT2D eigenvalue weighted by molar-refractivity contribution is 0.0437. The summed E-state index contributed by atoms with van der Waals surface area (Å²) in [6, 6.07) is 0.528. The maximum atomic E-state index is 6.00. The molecule has 0 bridgehead atoms. The van der Waals surface area contributed by atoms with Crippen LogP contribution in [0.25, 0.3) is 0 Å². The van der Waals surface area contributed by atoms with Crippen molar-refractivity contribution in [3.05, 3.63) is 0 Å². The average Bonchev–Trinajstić information content (AvgIpc) is 2.58. The molecule has 1 aliphatic rings. The molecule has 0 aromatic carbocycles. The fourth-order valence-corrected chi connectivity index (χ4v) is 3.35. The molecule has 0 aromatic heterocycles. The van der Waals surface area contributed by atoms with E-state index in [-0.39, 0.29) is 0 Å². The SMILES string of the molecule is CCNC(C(C)CCOC)C1C(C)OC(C)C1C. The molecule has 1 N–H and O–H groups in total. The fourth-order valence-electron chi connectivity index (χ4n) is 3.35. The first kappa shape index (κ1) is 15.9. The fraction of sp³-hybridized carbons (Fsp3) is 1.00. The lowest BCUT2D eigenvalue weighted by atomic mass is 9.77. The highest BCUT2D eigenvalue weighted by Crippen LogP contribution is 2.37. The third-order valence-electron chi connectivity index (χ3n) is 4.56. The number of hydrogen-bond donors (Lipinski definition) is 1. The van der Waals surface area contributed by atoms with E-state index in [0.29, 0.717) is 36.0 Å². The van der Waals surface area contributed by atoms with Gasteiger partial charge in [-0.15, -0.1) is 0 Å². The van der Waals surface area contributed by atoms with Crippen molar-refractivity contribution in [1.82, 2.24) is 5.32 Å². The van der Waals surface area contributed by atoms with Crippen molar-refractivity contribution < 1.29 is 9.47 Å². The summed E-state index contributed by atoms with van der Waals surface area (Å²) in [6.07, 6.45) is 1.84. The molecule has 18 heavy (non-hydrogen) atoms. The van der Waals surface area contributed by atoms with Gasteiger partial charge in [-0.05, 0) is 38.6 Å². The van der Waals surface area contributed by atoms with Crippen molar-refractivity contribution in [3.63, 3.8) is 0 Å². The molecular formula is C15H31NO2. The normalized spacial score (nSPS) is 35.7. The summed E-state index contributed by atoms with van der Waals surface area (Å²) in [5.41, 5.74) is 0. The van der Waals surface area contributed by atoms with Crippen LogP contribution in [0.1, 0.15) is 41.0 Å². The molecule has 108 valence electrons. The molecule has 1 rings (SSSR count). The number of methoxy groups -OCH3 is 1. The first-order valence-corrected chi connectivity index (χ1v) is 7.40. The van der Waals surface area contributed by atoms with Crippen LogP contribution < -0.4 is 5.32 Å². The van der Waals surface area contributed by atoms with E-state index < -0.39 is 0 Å². The van der Waals surface area contributed by atoms with E-state index in [0.717, 1.165) is 19.6 Å². The molecule has 3 heteroatoms. The van der Waals surface area contributed by atoms with Gasteiger partial charge in [0.15, 0.2) is 0 Å². The van der Waals surface area contributed by atoms with E-state index in [1.165, 1.54) is 0 Å². The van der Waals surface area contributed by atoms with Gasteiger partial charge in [-0.25, -0.2) is 0 Å². The Morgan fingerprint density at radius 1 is 1.22 bits per heavy atom. The minimum atomic E-state index is 0.351. The van der Waals surface area contributed by atoms with E-state index in [4.69, 9.17) is 9.47 Å². The van der Waals surface area contributed by atoms with E-state index >= 15 is 0 Å². The molecule has 3 nitrogen and oxygen atoms in total. The Bertz CT molecular complexity index is 235. The summed E-state index contributed by atoms with van der Waals surface area (Å²) < 4.78 is 11.2. The van der Waals surface area contributed by atoms with Crippen molar-refractivity contribution in [2.24, 2.45) is 17.8 Å². The van der Waals surface area contributed by atoms with Gasteiger partial charge in [-0.1, -0.05) is 20.8 Å². The Morgan fingerprint density at radius 2 is 1.89 bits per heavy atom. The Labute approximate surface area is 113 Å². The van der Waals surface area contributed by atoms with Crippen LogP contribution in [0.2, 0.25) is 0 Å². The maximum absolute atomic E-state index is 6.00. The predicted octanol–water partition coefficient (Wildman–Crippen LogP) is 2.70. The molecule has 0 amide bonds. The van der Waals surface area contributed by atoms with Crippen LogP contribution in [0.4, 0.5) is 0 Å². The van der Waals surface area contributed by atoms with E-state index in [2.05, 4.69) is 39.9 Å². The van der Waals surface area contributed by atoms with Gasteiger partial charge >= 0.3 is 0 Å². The largest absolute Gasteiger partial charge is 0.385 e. The van der Waals surface area contributed by atoms with E-state index in [9.17, 15) is 0 Å². The lowest BCUT2D eigenvalue weighted by Gasteiger charge is -2.34. The van der Waals surface area contributed by atoms with Crippen molar-refractivity contribution >= 4 is 0 Å². The van der Waals surface area contributed by atoms with Crippen LogP contribution in [-0.4, -0.2) is 38.5 Å². The Kier molecular flexibility index (Phi) is 6.61. The molecule has 1 aliphatic heterocycles. The number of rotatable bonds is 7. The summed E-state index contributed by atoms with van der Waals surface area (Å²) in [6.45, 7) is 13.1. The number of nitrogens with one attached hydrogen (secondary N) is 1. The zero-order valence-corrected chi connectivity index (χ0v) is 12.9. The standard InChI is InChI=1S/C15H31NO2/c1-7-16-15(10(2)8-9-17-6)14-11(3)12(4)18-13(14)5/h10-16H,7-9H2,1-6H3. The topological polar surface area (TPSA) is 30.5 Å². The maximum Gasteiger partial charge on any atom is 0.0597 e. The molecule has 1 heterocycles. The molecule has 6 atom stereocenters. The number of ether oxygens (including phenoxy) is 2. The highest BCUT2D eigenvalue weighted by molar-refractivity contribution is 4.93. The molecular weight excluding hydrogens is 226 g/mol. The molecule has 1 saturated heterocycles. The highest BCUT2D eigenvalue weighted by atomic mass is 16.5. The monoisotopic (exact) mass is 257 g/mol. The van der Waals surface area contributed by atoms with Gasteiger partial charge in [0.2, 0.25) is 0 Å². The van der Waals surface area contributed by atoms with Crippen molar-refractivity contribution in [1.29, 1.82) is 0 Å². The first-order valence-electron chi connectivity index (χ1n) is 7.40. The molecule has 0 saturated carbocycles. The summed E-state index contributed by atoms with van der Waals surface area (Å²) in [7, 11) is 1.78. The Balaban J connectivity index is 2.70. The lowest BCUT2D eigenvalue weighted by Crippen LogP contribution is -2.46.